The number of sulfone groups is 1. The van der Waals surface area contributed by atoms with E-state index in [9.17, 15) is 8.42 Å². The van der Waals surface area contributed by atoms with Crippen LogP contribution >= 0.6 is 11.8 Å². The summed E-state index contributed by atoms with van der Waals surface area (Å²) >= 11 is 2.02. The minimum absolute atomic E-state index is 0.232. The normalized spacial score (nSPS) is 21.8. The van der Waals surface area contributed by atoms with Crippen LogP contribution in [0.2, 0.25) is 0 Å². The Bertz CT molecular complexity index is 287. The highest BCUT2D eigenvalue weighted by atomic mass is 32.2. The first-order valence-corrected chi connectivity index (χ1v) is 8.87. The fraction of sp³-hybridized carbons (Fsp3) is 1.00. The second-order valence-corrected chi connectivity index (χ2v) is 7.79. The Hall–Kier alpha value is 0.220. The highest BCUT2D eigenvalue weighted by molar-refractivity contribution is 7.99. The van der Waals surface area contributed by atoms with E-state index in [1.807, 2.05) is 11.8 Å². The Labute approximate surface area is 103 Å². The molecule has 1 fully saturated rings. The van der Waals surface area contributed by atoms with Gasteiger partial charge in [-0.3, -0.25) is 0 Å². The van der Waals surface area contributed by atoms with Gasteiger partial charge in [0, 0.05) is 37.7 Å². The van der Waals surface area contributed by atoms with Crippen LogP contribution in [0.4, 0.5) is 0 Å². The molecule has 1 atom stereocenters. The highest BCUT2D eigenvalue weighted by Gasteiger charge is 2.19. The molecule has 0 spiro atoms. The number of hydrogen-bond donors (Lipinski definition) is 1. The van der Waals surface area contributed by atoms with Crippen LogP contribution in [-0.2, 0) is 9.84 Å². The fourth-order valence-electron chi connectivity index (χ4n) is 1.69. The monoisotopic (exact) mass is 266 g/mol. The van der Waals surface area contributed by atoms with Crippen LogP contribution in [0, 0.1) is 0 Å². The van der Waals surface area contributed by atoms with Crippen molar-refractivity contribution in [3.63, 3.8) is 0 Å². The molecule has 0 aromatic rings. The Morgan fingerprint density at radius 2 is 2.19 bits per heavy atom. The summed E-state index contributed by atoms with van der Waals surface area (Å²) < 4.78 is 21.8. The Balaban J connectivity index is 2.02. The number of nitrogens with one attached hydrogen (secondary N) is 1. The first-order valence-electron chi connectivity index (χ1n) is 5.65. The van der Waals surface area contributed by atoms with Crippen LogP contribution in [0.15, 0.2) is 0 Å². The second kappa shape index (κ2) is 6.83. The van der Waals surface area contributed by atoms with E-state index in [4.69, 9.17) is 0 Å². The summed E-state index contributed by atoms with van der Waals surface area (Å²) in [5.74, 6) is 2.74. The van der Waals surface area contributed by atoms with Crippen molar-refractivity contribution in [3.05, 3.63) is 0 Å². The average Bonchev–Trinajstić information content (AvgIpc) is 2.67. The molecular formula is C10H22N2O2S2. The predicted octanol–water partition coefficient (Wildman–Crippen LogP) is 0.0579. The molecule has 0 saturated carbocycles. The maximum Gasteiger partial charge on any atom is 0.148 e. The Kier molecular flexibility index (Phi) is 6.10. The summed E-state index contributed by atoms with van der Waals surface area (Å²) in [6.07, 6.45) is 2.56. The van der Waals surface area contributed by atoms with Gasteiger partial charge in [-0.1, -0.05) is 0 Å². The van der Waals surface area contributed by atoms with Crippen molar-refractivity contribution in [2.75, 3.05) is 50.2 Å². The van der Waals surface area contributed by atoms with E-state index >= 15 is 0 Å². The minimum atomic E-state index is -2.82. The van der Waals surface area contributed by atoms with Crippen molar-refractivity contribution in [1.82, 2.24) is 10.2 Å². The molecule has 0 aromatic heterocycles. The van der Waals surface area contributed by atoms with Crippen molar-refractivity contribution >= 4 is 21.6 Å². The number of thioether (sulfide) groups is 1. The molecule has 0 bridgehead atoms. The Morgan fingerprint density at radius 1 is 1.44 bits per heavy atom. The molecule has 6 heteroatoms. The number of hydrogen-bond acceptors (Lipinski definition) is 5. The first kappa shape index (κ1) is 14.3. The van der Waals surface area contributed by atoms with E-state index in [2.05, 4.69) is 17.3 Å². The van der Waals surface area contributed by atoms with Crippen molar-refractivity contribution in [2.24, 2.45) is 0 Å². The van der Waals surface area contributed by atoms with Crippen molar-refractivity contribution in [2.45, 2.75) is 12.5 Å². The van der Waals surface area contributed by atoms with Gasteiger partial charge in [0.1, 0.15) is 9.84 Å². The molecule has 1 saturated heterocycles. The third kappa shape index (κ3) is 6.08. The maximum absolute atomic E-state index is 10.9. The molecule has 1 aliphatic rings. The molecule has 0 radical (unpaired) electrons. The standard InChI is InChI=1S/C10H22N2O2S2/c1-12(10-3-7-15-9-10)6-4-11-5-8-16(2,13)14/h10-11H,3-9H2,1-2H3. The fourth-order valence-corrected chi connectivity index (χ4v) is 3.50. The quantitative estimate of drug-likeness (QED) is 0.660. The van der Waals surface area contributed by atoms with Crippen molar-refractivity contribution in [3.8, 4) is 0 Å². The molecular weight excluding hydrogens is 244 g/mol. The van der Waals surface area contributed by atoms with E-state index in [0.717, 1.165) is 13.1 Å². The van der Waals surface area contributed by atoms with E-state index in [0.29, 0.717) is 12.6 Å². The Morgan fingerprint density at radius 3 is 2.75 bits per heavy atom. The SMILES string of the molecule is CN(CCNCCS(C)(=O)=O)C1CCSC1. The molecule has 0 amide bonds. The van der Waals surface area contributed by atoms with Crippen LogP contribution in [-0.4, -0.2) is 69.6 Å². The summed E-state index contributed by atoms with van der Waals surface area (Å²) in [7, 11) is -0.672. The van der Waals surface area contributed by atoms with Gasteiger partial charge in [0.25, 0.3) is 0 Å². The van der Waals surface area contributed by atoms with E-state index in [-0.39, 0.29) is 5.75 Å². The third-order valence-electron chi connectivity index (χ3n) is 2.82. The second-order valence-electron chi connectivity index (χ2n) is 4.38. The van der Waals surface area contributed by atoms with Gasteiger partial charge in [0.15, 0.2) is 0 Å². The number of likely N-dealkylation sites (N-methyl/N-ethyl adjacent to an activating group) is 1. The van der Waals surface area contributed by atoms with Crippen LogP contribution in [0.25, 0.3) is 0 Å². The lowest BCUT2D eigenvalue weighted by Gasteiger charge is -2.23. The van der Waals surface area contributed by atoms with Gasteiger partial charge >= 0.3 is 0 Å². The zero-order chi connectivity index (χ0) is 12.0. The number of nitrogens with zero attached hydrogens (tertiary/aromatic N) is 1. The summed E-state index contributed by atoms with van der Waals surface area (Å²) in [4.78, 5) is 2.37. The summed E-state index contributed by atoms with van der Waals surface area (Å²) in [5, 5.41) is 3.17. The molecule has 96 valence electrons. The molecule has 1 rings (SSSR count). The van der Waals surface area contributed by atoms with Crippen LogP contribution in [0.1, 0.15) is 6.42 Å². The summed E-state index contributed by atoms with van der Waals surface area (Å²) in [6.45, 7) is 2.42. The van der Waals surface area contributed by atoms with Crippen molar-refractivity contribution in [1.29, 1.82) is 0 Å². The van der Waals surface area contributed by atoms with Crippen LogP contribution in [0.3, 0.4) is 0 Å². The molecule has 1 aliphatic heterocycles. The zero-order valence-electron chi connectivity index (χ0n) is 10.1. The molecule has 4 nitrogen and oxygen atoms in total. The van der Waals surface area contributed by atoms with E-state index in [1.54, 1.807) is 0 Å². The van der Waals surface area contributed by atoms with Gasteiger partial charge in [-0.15, -0.1) is 0 Å². The maximum atomic E-state index is 10.9. The first-order chi connectivity index (χ1) is 7.49. The van der Waals surface area contributed by atoms with Gasteiger partial charge in [0.05, 0.1) is 5.75 Å². The molecule has 16 heavy (non-hydrogen) atoms. The largest absolute Gasteiger partial charge is 0.314 e. The summed E-state index contributed by atoms with van der Waals surface area (Å²) in [5.41, 5.74) is 0. The van der Waals surface area contributed by atoms with Crippen molar-refractivity contribution < 1.29 is 8.42 Å². The lowest BCUT2D eigenvalue weighted by Crippen LogP contribution is -2.37. The molecule has 1 N–H and O–H groups in total. The average molecular weight is 266 g/mol. The number of rotatable bonds is 7. The van der Waals surface area contributed by atoms with Gasteiger partial charge in [-0.2, -0.15) is 11.8 Å². The molecule has 0 aliphatic carbocycles. The van der Waals surface area contributed by atoms with Gasteiger partial charge in [-0.25, -0.2) is 8.42 Å². The van der Waals surface area contributed by atoms with Gasteiger partial charge in [0.2, 0.25) is 0 Å². The van der Waals surface area contributed by atoms with Crippen LogP contribution < -0.4 is 5.32 Å². The van der Waals surface area contributed by atoms with E-state index < -0.39 is 9.84 Å². The predicted molar refractivity (Wildman–Crippen MR) is 70.9 cm³/mol. The van der Waals surface area contributed by atoms with E-state index in [1.165, 1.54) is 24.2 Å². The lowest BCUT2D eigenvalue weighted by molar-refractivity contribution is 0.263. The van der Waals surface area contributed by atoms with Crippen LogP contribution in [0.5, 0.6) is 0 Å². The zero-order valence-corrected chi connectivity index (χ0v) is 11.7. The minimum Gasteiger partial charge on any atom is -0.314 e. The summed E-state index contributed by atoms with van der Waals surface area (Å²) in [6, 6.07) is 0.710. The lowest BCUT2D eigenvalue weighted by atomic mass is 10.2. The smallest absolute Gasteiger partial charge is 0.148 e. The van der Waals surface area contributed by atoms with Gasteiger partial charge < -0.3 is 10.2 Å². The molecule has 1 heterocycles. The third-order valence-corrected chi connectivity index (χ3v) is 4.91. The molecule has 0 aromatic carbocycles. The van der Waals surface area contributed by atoms with Gasteiger partial charge in [-0.05, 0) is 19.2 Å². The molecule has 1 unspecified atom stereocenters. The highest BCUT2D eigenvalue weighted by Crippen LogP contribution is 2.20. The topological polar surface area (TPSA) is 49.4 Å².